The number of carbonyl (C=O) groups is 2. The Kier molecular flexibility index (Phi) is 4.24. The molecule has 0 saturated carbocycles. The van der Waals surface area contributed by atoms with E-state index >= 15 is 0 Å². The minimum absolute atomic E-state index is 0.0622. The Morgan fingerprint density at radius 1 is 1.23 bits per heavy atom. The molecule has 0 spiro atoms. The highest BCUT2D eigenvalue weighted by atomic mass is 16.7. The fraction of sp³-hybridized carbons (Fsp3) is 0.300. The van der Waals surface area contributed by atoms with Crippen molar-refractivity contribution in [1.29, 1.82) is 0 Å². The zero-order valence-corrected chi connectivity index (χ0v) is 14.6. The predicted octanol–water partition coefficient (Wildman–Crippen LogP) is 1.98. The minimum Gasteiger partial charge on any atom is -0.454 e. The molecule has 2 amide bonds. The highest BCUT2D eigenvalue weighted by Crippen LogP contribution is 2.40. The molecule has 6 heteroatoms. The average molecular weight is 352 g/mol. The first kappa shape index (κ1) is 16.4. The summed E-state index contributed by atoms with van der Waals surface area (Å²) in [5.74, 6) is 1.34. The van der Waals surface area contributed by atoms with Crippen molar-refractivity contribution in [3.8, 4) is 11.5 Å². The molecule has 0 aliphatic carbocycles. The number of amides is 2. The van der Waals surface area contributed by atoms with Gasteiger partial charge in [-0.05, 0) is 35.2 Å². The molecular formula is C20H20N2O4. The van der Waals surface area contributed by atoms with Crippen LogP contribution in [-0.4, -0.2) is 49.0 Å². The number of rotatable bonds is 4. The number of benzene rings is 2. The zero-order chi connectivity index (χ0) is 18.1. The van der Waals surface area contributed by atoms with Crippen LogP contribution in [0.3, 0.4) is 0 Å². The summed E-state index contributed by atoms with van der Waals surface area (Å²) in [4.78, 5) is 27.0. The quantitative estimate of drug-likeness (QED) is 0.790. The SMILES string of the molecule is CN(C=O)CC(=O)N1CCc2ccccc2[C@H]1c1ccc2c(c1)OCO2. The van der Waals surface area contributed by atoms with Crippen LogP contribution in [0.25, 0.3) is 0 Å². The summed E-state index contributed by atoms with van der Waals surface area (Å²) in [5.41, 5.74) is 3.33. The van der Waals surface area contributed by atoms with Gasteiger partial charge in [-0.25, -0.2) is 0 Å². The lowest BCUT2D eigenvalue weighted by Gasteiger charge is -2.38. The molecule has 2 heterocycles. The van der Waals surface area contributed by atoms with Gasteiger partial charge in [-0.15, -0.1) is 0 Å². The molecule has 0 radical (unpaired) electrons. The first-order valence-corrected chi connectivity index (χ1v) is 8.59. The second kappa shape index (κ2) is 6.71. The molecule has 4 rings (SSSR count). The molecule has 134 valence electrons. The molecule has 2 aromatic rings. The normalized spacial score (nSPS) is 17.6. The summed E-state index contributed by atoms with van der Waals surface area (Å²) in [7, 11) is 1.61. The Bertz CT molecular complexity index is 851. The van der Waals surface area contributed by atoms with Crippen LogP contribution < -0.4 is 9.47 Å². The Balaban J connectivity index is 1.75. The van der Waals surface area contributed by atoms with E-state index in [9.17, 15) is 9.59 Å². The summed E-state index contributed by atoms with van der Waals surface area (Å²) < 4.78 is 10.9. The maximum atomic E-state index is 12.9. The lowest BCUT2D eigenvalue weighted by molar-refractivity contribution is -0.136. The van der Waals surface area contributed by atoms with Crippen LogP contribution in [0.1, 0.15) is 22.7 Å². The lowest BCUT2D eigenvalue weighted by Crippen LogP contribution is -2.44. The van der Waals surface area contributed by atoms with E-state index in [2.05, 4.69) is 12.1 Å². The number of ether oxygens (including phenoxy) is 2. The Morgan fingerprint density at radius 3 is 2.88 bits per heavy atom. The average Bonchev–Trinajstić information content (AvgIpc) is 3.14. The van der Waals surface area contributed by atoms with Gasteiger partial charge >= 0.3 is 0 Å². The molecule has 6 nitrogen and oxygen atoms in total. The van der Waals surface area contributed by atoms with E-state index in [1.54, 1.807) is 7.05 Å². The number of fused-ring (bicyclic) bond motifs is 2. The summed E-state index contributed by atoms with van der Waals surface area (Å²) in [5, 5.41) is 0. The number of carbonyl (C=O) groups excluding carboxylic acids is 2. The Labute approximate surface area is 151 Å². The molecule has 2 aliphatic heterocycles. The van der Waals surface area contributed by atoms with Crippen molar-refractivity contribution in [2.45, 2.75) is 12.5 Å². The molecular weight excluding hydrogens is 332 g/mol. The highest BCUT2D eigenvalue weighted by Gasteiger charge is 2.33. The fourth-order valence-corrected chi connectivity index (χ4v) is 3.62. The maximum Gasteiger partial charge on any atom is 0.242 e. The van der Waals surface area contributed by atoms with Crippen LogP contribution in [-0.2, 0) is 16.0 Å². The molecule has 0 aromatic heterocycles. The van der Waals surface area contributed by atoms with Gasteiger partial charge in [0.05, 0.1) is 12.6 Å². The van der Waals surface area contributed by atoms with Gasteiger partial charge < -0.3 is 19.3 Å². The number of nitrogens with zero attached hydrogens (tertiary/aromatic N) is 2. The second-order valence-electron chi connectivity index (χ2n) is 6.57. The van der Waals surface area contributed by atoms with Crippen LogP contribution in [0.15, 0.2) is 42.5 Å². The smallest absolute Gasteiger partial charge is 0.242 e. The van der Waals surface area contributed by atoms with Gasteiger partial charge in [0.2, 0.25) is 19.1 Å². The van der Waals surface area contributed by atoms with Crippen molar-refractivity contribution in [1.82, 2.24) is 9.80 Å². The van der Waals surface area contributed by atoms with Gasteiger partial charge in [0.15, 0.2) is 11.5 Å². The van der Waals surface area contributed by atoms with E-state index in [4.69, 9.17) is 9.47 Å². The van der Waals surface area contributed by atoms with Gasteiger partial charge in [0.25, 0.3) is 0 Å². The molecule has 0 fully saturated rings. The van der Waals surface area contributed by atoms with Crippen LogP contribution in [0.2, 0.25) is 0 Å². The molecule has 1 atom stereocenters. The van der Waals surface area contributed by atoms with Crippen molar-refractivity contribution in [2.75, 3.05) is 26.9 Å². The maximum absolute atomic E-state index is 12.9. The number of hydrogen-bond acceptors (Lipinski definition) is 4. The molecule has 0 bridgehead atoms. The van der Waals surface area contributed by atoms with Crippen LogP contribution in [0, 0.1) is 0 Å². The number of likely N-dealkylation sites (N-methyl/N-ethyl adjacent to an activating group) is 1. The van der Waals surface area contributed by atoms with Gasteiger partial charge in [-0.1, -0.05) is 30.3 Å². The fourth-order valence-electron chi connectivity index (χ4n) is 3.62. The summed E-state index contributed by atoms with van der Waals surface area (Å²) in [6.45, 7) is 0.890. The van der Waals surface area contributed by atoms with E-state index in [1.165, 1.54) is 10.5 Å². The van der Waals surface area contributed by atoms with E-state index in [1.807, 2.05) is 35.2 Å². The summed E-state index contributed by atoms with van der Waals surface area (Å²) in [6, 6.07) is 13.8. The highest BCUT2D eigenvalue weighted by molar-refractivity contribution is 5.81. The van der Waals surface area contributed by atoms with Gasteiger partial charge in [0, 0.05) is 13.6 Å². The third-order valence-corrected chi connectivity index (χ3v) is 4.88. The second-order valence-corrected chi connectivity index (χ2v) is 6.57. The molecule has 26 heavy (non-hydrogen) atoms. The van der Waals surface area contributed by atoms with E-state index in [0.29, 0.717) is 18.7 Å². The zero-order valence-electron chi connectivity index (χ0n) is 14.6. The van der Waals surface area contributed by atoms with Crippen LogP contribution in [0.5, 0.6) is 11.5 Å². The van der Waals surface area contributed by atoms with Gasteiger partial charge in [-0.3, -0.25) is 9.59 Å². The first-order chi connectivity index (χ1) is 12.7. The van der Waals surface area contributed by atoms with E-state index in [-0.39, 0.29) is 25.3 Å². The van der Waals surface area contributed by atoms with E-state index < -0.39 is 0 Å². The molecule has 2 aromatic carbocycles. The largest absolute Gasteiger partial charge is 0.454 e. The van der Waals surface area contributed by atoms with Crippen molar-refractivity contribution in [3.05, 3.63) is 59.2 Å². The number of hydrogen-bond donors (Lipinski definition) is 0. The van der Waals surface area contributed by atoms with Crippen molar-refractivity contribution in [3.63, 3.8) is 0 Å². The predicted molar refractivity (Wildman–Crippen MR) is 95.0 cm³/mol. The van der Waals surface area contributed by atoms with Gasteiger partial charge in [-0.2, -0.15) is 0 Å². The Hall–Kier alpha value is -3.02. The topological polar surface area (TPSA) is 59.1 Å². The van der Waals surface area contributed by atoms with Crippen molar-refractivity contribution < 1.29 is 19.1 Å². The molecule has 2 aliphatic rings. The minimum atomic E-state index is -0.206. The third-order valence-electron chi connectivity index (χ3n) is 4.88. The summed E-state index contributed by atoms with van der Waals surface area (Å²) in [6.07, 6.45) is 1.47. The van der Waals surface area contributed by atoms with Crippen molar-refractivity contribution in [2.24, 2.45) is 0 Å². The van der Waals surface area contributed by atoms with Crippen LogP contribution >= 0.6 is 0 Å². The lowest BCUT2D eigenvalue weighted by atomic mass is 9.88. The van der Waals surface area contributed by atoms with Crippen LogP contribution in [0.4, 0.5) is 0 Å². The molecule has 0 unspecified atom stereocenters. The Morgan fingerprint density at radius 2 is 2.04 bits per heavy atom. The summed E-state index contributed by atoms with van der Waals surface area (Å²) >= 11 is 0. The third kappa shape index (κ3) is 2.87. The monoisotopic (exact) mass is 352 g/mol. The molecule has 0 saturated heterocycles. The van der Waals surface area contributed by atoms with Crippen molar-refractivity contribution >= 4 is 12.3 Å². The van der Waals surface area contributed by atoms with Gasteiger partial charge in [0.1, 0.15) is 0 Å². The standard InChI is InChI=1S/C20H20N2O4/c1-21(12-23)11-19(24)22-9-8-14-4-2-3-5-16(14)20(22)15-6-7-17-18(10-15)26-13-25-17/h2-7,10,12,20H,8-9,11,13H2,1H3/t20-/m1/s1. The van der Waals surface area contributed by atoms with E-state index in [0.717, 1.165) is 23.3 Å². The first-order valence-electron chi connectivity index (χ1n) is 8.59. The molecule has 0 N–H and O–H groups in total.